The lowest BCUT2D eigenvalue weighted by Gasteiger charge is -2.21. The highest BCUT2D eigenvalue weighted by molar-refractivity contribution is 5.96. The Balaban J connectivity index is 2.14. The molecule has 0 heterocycles. The highest BCUT2D eigenvalue weighted by atomic mass is 16.5. The second-order valence-corrected chi connectivity index (χ2v) is 5.27. The summed E-state index contributed by atoms with van der Waals surface area (Å²) in [6.07, 6.45) is 1.94. The van der Waals surface area contributed by atoms with Crippen LogP contribution in [0.4, 0.5) is 0 Å². The Morgan fingerprint density at radius 1 is 1.25 bits per heavy atom. The number of nitrogens with zero attached hydrogens (tertiary/aromatic N) is 1. The summed E-state index contributed by atoms with van der Waals surface area (Å²) >= 11 is 0. The normalized spacial score (nSPS) is 13.9. The molecule has 20 heavy (non-hydrogen) atoms. The molecule has 4 nitrogen and oxygen atoms in total. The lowest BCUT2D eigenvalue weighted by molar-refractivity contribution is -0.144. The summed E-state index contributed by atoms with van der Waals surface area (Å²) in [7, 11) is 0. The Morgan fingerprint density at radius 2 is 1.95 bits per heavy atom. The number of carbonyl (C=O) groups excluding carboxylic acids is 2. The number of aryl methyl sites for hydroxylation is 2. The first-order valence-electron chi connectivity index (χ1n) is 7.06. The molecule has 1 aliphatic rings. The van der Waals surface area contributed by atoms with Gasteiger partial charge in [-0.3, -0.25) is 9.59 Å². The van der Waals surface area contributed by atoms with Crippen molar-refractivity contribution in [1.29, 1.82) is 0 Å². The molecule has 1 aromatic rings. The molecular weight excluding hydrogens is 254 g/mol. The zero-order valence-corrected chi connectivity index (χ0v) is 12.3. The summed E-state index contributed by atoms with van der Waals surface area (Å²) in [6, 6.07) is 5.84. The van der Waals surface area contributed by atoms with E-state index in [0.29, 0.717) is 12.2 Å². The monoisotopic (exact) mass is 275 g/mol. The van der Waals surface area contributed by atoms with Crippen LogP contribution in [0.25, 0.3) is 0 Å². The maximum absolute atomic E-state index is 12.5. The first kappa shape index (κ1) is 14.6. The van der Waals surface area contributed by atoms with Crippen molar-refractivity contribution in [3.8, 4) is 0 Å². The van der Waals surface area contributed by atoms with E-state index in [1.807, 2.05) is 32.0 Å². The van der Waals surface area contributed by atoms with Gasteiger partial charge in [0.05, 0.1) is 6.61 Å². The third-order valence-electron chi connectivity index (χ3n) is 3.61. The number of hydrogen-bond acceptors (Lipinski definition) is 3. The third-order valence-corrected chi connectivity index (χ3v) is 3.61. The Labute approximate surface area is 119 Å². The van der Waals surface area contributed by atoms with Crippen molar-refractivity contribution in [2.24, 2.45) is 0 Å². The van der Waals surface area contributed by atoms with Crippen LogP contribution in [0.15, 0.2) is 18.2 Å². The molecule has 0 N–H and O–H groups in total. The van der Waals surface area contributed by atoms with Crippen LogP contribution in [-0.2, 0) is 9.53 Å². The van der Waals surface area contributed by atoms with Crippen molar-refractivity contribution < 1.29 is 14.3 Å². The molecule has 1 fully saturated rings. The van der Waals surface area contributed by atoms with Crippen LogP contribution in [0.2, 0.25) is 0 Å². The minimum Gasteiger partial charge on any atom is -0.465 e. The van der Waals surface area contributed by atoms with Gasteiger partial charge in [-0.25, -0.2) is 0 Å². The highest BCUT2D eigenvalue weighted by Gasteiger charge is 2.34. The molecule has 1 aliphatic carbocycles. The first-order chi connectivity index (χ1) is 9.52. The summed E-state index contributed by atoms with van der Waals surface area (Å²) in [5.41, 5.74) is 2.89. The van der Waals surface area contributed by atoms with E-state index in [9.17, 15) is 9.59 Å². The third kappa shape index (κ3) is 3.38. The van der Waals surface area contributed by atoms with Crippen LogP contribution < -0.4 is 0 Å². The number of ether oxygens (including phenoxy) is 1. The van der Waals surface area contributed by atoms with Gasteiger partial charge in [0.2, 0.25) is 0 Å². The van der Waals surface area contributed by atoms with E-state index < -0.39 is 0 Å². The van der Waals surface area contributed by atoms with E-state index >= 15 is 0 Å². The molecule has 1 aromatic carbocycles. The molecule has 0 bridgehead atoms. The van der Waals surface area contributed by atoms with E-state index in [4.69, 9.17) is 4.74 Å². The number of hydrogen-bond donors (Lipinski definition) is 0. The molecule has 1 saturated carbocycles. The summed E-state index contributed by atoms with van der Waals surface area (Å²) in [4.78, 5) is 25.8. The van der Waals surface area contributed by atoms with Gasteiger partial charge in [-0.05, 0) is 56.9 Å². The number of rotatable bonds is 5. The molecule has 4 heteroatoms. The minimum absolute atomic E-state index is 0.0459. The molecule has 2 rings (SSSR count). The van der Waals surface area contributed by atoms with Crippen LogP contribution in [0.1, 0.15) is 41.3 Å². The van der Waals surface area contributed by atoms with Crippen LogP contribution >= 0.6 is 0 Å². The van der Waals surface area contributed by atoms with Crippen LogP contribution in [0.3, 0.4) is 0 Å². The van der Waals surface area contributed by atoms with Crippen molar-refractivity contribution in [3.05, 3.63) is 34.9 Å². The van der Waals surface area contributed by atoms with Crippen molar-refractivity contribution >= 4 is 11.9 Å². The fourth-order valence-electron chi connectivity index (χ4n) is 2.14. The van der Waals surface area contributed by atoms with Crippen molar-refractivity contribution in [2.45, 2.75) is 39.7 Å². The number of carbonyl (C=O) groups is 2. The van der Waals surface area contributed by atoms with E-state index in [2.05, 4.69) is 0 Å². The van der Waals surface area contributed by atoms with E-state index in [-0.39, 0.29) is 24.5 Å². The Morgan fingerprint density at radius 3 is 2.50 bits per heavy atom. The predicted molar refractivity (Wildman–Crippen MR) is 76.6 cm³/mol. The van der Waals surface area contributed by atoms with Gasteiger partial charge in [0.15, 0.2) is 0 Å². The van der Waals surface area contributed by atoms with E-state index in [1.54, 1.807) is 11.8 Å². The van der Waals surface area contributed by atoms with E-state index in [1.165, 1.54) is 0 Å². The molecule has 0 atom stereocenters. The van der Waals surface area contributed by atoms with Crippen LogP contribution in [0.5, 0.6) is 0 Å². The highest BCUT2D eigenvalue weighted by Crippen LogP contribution is 2.28. The molecule has 108 valence electrons. The van der Waals surface area contributed by atoms with Crippen LogP contribution in [-0.4, -0.2) is 36.0 Å². The lowest BCUT2D eigenvalue weighted by Crippen LogP contribution is -2.38. The van der Waals surface area contributed by atoms with Gasteiger partial charge < -0.3 is 9.64 Å². The van der Waals surface area contributed by atoms with Crippen LogP contribution in [0, 0.1) is 13.8 Å². The van der Waals surface area contributed by atoms with Crippen molar-refractivity contribution in [2.75, 3.05) is 13.2 Å². The van der Waals surface area contributed by atoms with Crippen molar-refractivity contribution in [3.63, 3.8) is 0 Å². The van der Waals surface area contributed by atoms with Gasteiger partial charge in [0, 0.05) is 11.6 Å². The molecule has 0 aromatic heterocycles. The topological polar surface area (TPSA) is 46.6 Å². The largest absolute Gasteiger partial charge is 0.465 e. The predicted octanol–water partition coefficient (Wildman–Crippen LogP) is 2.47. The average molecular weight is 275 g/mol. The smallest absolute Gasteiger partial charge is 0.325 e. The average Bonchev–Trinajstić information content (AvgIpc) is 3.23. The number of benzene rings is 1. The zero-order valence-electron chi connectivity index (χ0n) is 12.3. The molecular formula is C16H21NO3. The maximum Gasteiger partial charge on any atom is 0.325 e. The fraction of sp³-hybridized carbons (Fsp3) is 0.500. The number of amides is 1. The van der Waals surface area contributed by atoms with Gasteiger partial charge in [-0.1, -0.05) is 6.07 Å². The maximum atomic E-state index is 12.5. The van der Waals surface area contributed by atoms with Gasteiger partial charge in [0.25, 0.3) is 5.91 Å². The molecule has 0 spiro atoms. The fourth-order valence-corrected chi connectivity index (χ4v) is 2.14. The minimum atomic E-state index is -0.336. The second kappa shape index (κ2) is 6.07. The second-order valence-electron chi connectivity index (χ2n) is 5.27. The molecule has 0 radical (unpaired) electrons. The van der Waals surface area contributed by atoms with Gasteiger partial charge in [-0.2, -0.15) is 0 Å². The Bertz CT molecular complexity index is 520. The van der Waals surface area contributed by atoms with Gasteiger partial charge >= 0.3 is 5.97 Å². The standard InChI is InChI=1S/C16H21NO3/c1-4-20-15(18)10-17(14-7-8-14)16(19)13-6-5-11(2)12(3)9-13/h5-6,9,14H,4,7-8,10H2,1-3H3. The summed E-state index contributed by atoms with van der Waals surface area (Å²) < 4.78 is 4.95. The van der Waals surface area contributed by atoms with Crippen molar-refractivity contribution in [1.82, 2.24) is 4.90 Å². The molecule has 1 amide bonds. The Hall–Kier alpha value is -1.84. The first-order valence-corrected chi connectivity index (χ1v) is 7.06. The summed E-state index contributed by atoms with van der Waals surface area (Å²) in [5, 5.41) is 0. The molecule has 0 saturated heterocycles. The zero-order chi connectivity index (χ0) is 14.7. The molecule has 0 aliphatic heterocycles. The Kier molecular flexibility index (Phi) is 4.42. The van der Waals surface area contributed by atoms with Gasteiger partial charge in [0.1, 0.15) is 6.54 Å². The van der Waals surface area contributed by atoms with Gasteiger partial charge in [-0.15, -0.1) is 0 Å². The number of esters is 1. The SMILES string of the molecule is CCOC(=O)CN(C(=O)c1ccc(C)c(C)c1)C1CC1. The lowest BCUT2D eigenvalue weighted by atomic mass is 10.1. The van der Waals surface area contributed by atoms with E-state index in [0.717, 1.165) is 24.0 Å². The summed E-state index contributed by atoms with van der Waals surface area (Å²) in [5.74, 6) is -0.416. The summed E-state index contributed by atoms with van der Waals surface area (Å²) in [6.45, 7) is 6.16. The quantitative estimate of drug-likeness (QED) is 0.776. The molecule has 0 unspecified atom stereocenters.